The molecule has 5 nitrogen and oxygen atoms in total. The average molecular weight is 339 g/mol. The zero-order valence-corrected chi connectivity index (χ0v) is 14.8. The fourth-order valence-corrected chi connectivity index (χ4v) is 3.22. The second-order valence-corrected chi connectivity index (χ2v) is 6.82. The van der Waals surface area contributed by atoms with Crippen molar-refractivity contribution in [3.8, 4) is 11.5 Å². The van der Waals surface area contributed by atoms with E-state index in [4.69, 9.17) is 4.74 Å². The second kappa shape index (κ2) is 8.12. The fourth-order valence-electron chi connectivity index (χ4n) is 3.22. The maximum Gasteiger partial charge on any atom is 0.241 e. The lowest BCUT2D eigenvalue weighted by Crippen LogP contribution is -2.41. The number of pyridine rings is 1. The van der Waals surface area contributed by atoms with Crippen LogP contribution in [0.25, 0.3) is 0 Å². The van der Waals surface area contributed by atoms with Gasteiger partial charge in [-0.25, -0.2) is 0 Å². The van der Waals surface area contributed by atoms with E-state index in [1.54, 1.807) is 12.4 Å². The third-order valence-corrected chi connectivity index (χ3v) is 4.27. The number of hydrogen-bond donors (Lipinski definition) is 1. The maximum absolute atomic E-state index is 12.8. The number of likely N-dealkylation sites (tertiary alicyclic amines) is 1. The third-order valence-electron chi connectivity index (χ3n) is 4.27. The quantitative estimate of drug-likeness (QED) is 0.866. The van der Waals surface area contributed by atoms with Gasteiger partial charge in [0.15, 0.2) is 5.75 Å². The van der Waals surface area contributed by atoms with Crippen LogP contribution >= 0.6 is 0 Å². The molecule has 1 amide bonds. The number of amides is 1. The molecular weight excluding hydrogens is 314 g/mol. The Morgan fingerprint density at radius 1 is 1.32 bits per heavy atom. The summed E-state index contributed by atoms with van der Waals surface area (Å²) < 4.78 is 5.87. The minimum absolute atomic E-state index is 0.0420. The van der Waals surface area contributed by atoms with Crippen LogP contribution < -0.4 is 10.1 Å². The van der Waals surface area contributed by atoms with E-state index in [-0.39, 0.29) is 11.9 Å². The van der Waals surface area contributed by atoms with Crippen molar-refractivity contribution in [1.29, 1.82) is 0 Å². The first-order valence-electron chi connectivity index (χ1n) is 8.85. The van der Waals surface area contributed by atoms with Gasteiger partial charge in [0.25, 0.3) is 0 Å². The number of hydrogen-bond acceptors (Lipinski definition) is 4. The van der Waals surface area contributed by atoms with Gasteiger partial charge in [0.1, 0.15) is 5.75 Å². The maximum atomic E-state index is 12.8. The zero-order chi connectivity index (χ0) is 17.6. The van der Waals surface area contributed by atoms with Gasteiger partial charge < -0.3 is 10.1 Å². The van der Waals surface area contributed by atoms with Crippen LogP contribution in [-0.2, 0) is 4.79 Å². The molecule has 0 radical (unpaired) electrons. The predicted molar refractivity (Wildman–Crippen MR) is 98.8 cm³/mol. The van der Waals surface area contributed by atoms with Crippen LogP contribution in [0.3, 0.4) is 0 Å². The number of ether oxygens (including phenoxy) is 1. The highest BCUT2D eigenvalue weighted by molar-refractivity contribution is 5.96. The molecule has 1 aliphatic heterocycles. The van der Waals surface area contributed by atoms with E-state index in [0.29, 0.717) is 23.1 Å². The van der Waals surface area contributed by atoms with Crippen LogP contribution in [-0.4, -0.2) is 34.9 Å². The monoisotopic (exact) mass is 339 g/mol. The summed E-state index contributed by atoms with van der Waals surface area (Å²) in [5, 5.41) is 3.05. The Balaban J connectivity index is 1.71. The predicted octanol–water partition coefficient (Wildman–Crippen LogP) is 3.93. The SMILES string of the molecule is CC(C)CN1CCCC1C(=O)Nc1ccccc1Oc1cccnc1. The molecule has 1 aromatic carbocycles. The smallest absolute Gasteiger partial charge is 0.241 e. The van der Waals surface area contributed by atoms with Crippen LogP contribution in [0, 0.1) is 5.92 Å². The van der Waals surface area contributed by atoms with Gasteiger partial charge in [-0.3, -0.25) is 14.7 Å². The molecule has 2 heterocycles. The molecule has 3 rings (SSSR count). The first-order chi connectivity index (χ1) is 12.1. The summed E-state index contributed by atoms with van der Waals surface area (Å²) in [6.45, 7) is 6.31. The van der Waals surface area contributed by atoms with E-state index in [9.17, 15) is 4.79 Å². The van der Waals surface area contributed by atoms with Gasteiger partial charge in [-0.05, 0) is 49.6 Å². The number of anilines is 1. The molecule has 1 atom stereocenters. The molecule has 132 valence electrons. The topological polar surface area (TPSA) is 54.5 Å². The Bertz CT molecular complexity index is 703. The summed E-state index contributed by atoms with van der Waals surface area (Å²) in [4.78, 5) is 19.1. The second-order valence-electron chi connectivity index (χ2n) is 6.82. The molecular formula is C20H25N3O2. The van der Waals surface area contributed by atoms with Gasteiger partial charge in [0, 0.05) is 12.7 Å². The Morgan fingerprint density at radius 3 is 2.92 bits per heavy atom. The highest BCUT2D eigenvalue weighted by Gasteiger charge is 2.31. The standard InChI is InChI=1S/C20H25N3O2/c1-15(2)14-23-12-6-9-18(23)20(24)22-17-8-3-4-10-19(17)25-16-7-5-11-21-13-16/h3-5,7-8,10-11,13,15,18H,6,9,12,14H2,1-2H3,(H,22,24). The third kappa shape index (κ3) is 4.57. The lowest BCUT2D eigenvalue weighted by molar-refractivity contribution is -0.120. The van der Waals surface area contributed by atoms with Crippen LogP contribution in [0.2, 0.25) is 0 Å². The van der Waals surface area contributed by atoms with Crippen molar-refractivity contribution in [2.45, 2.75) is 32.7 Å². The van der Waals surface area contributed by atoms with Gasteiger partial charge in [0.2, 0.25) is 5.91 Å². The number of para-hydroxylation sites is 2. The lowest BCUT2D eigenvalue weighted by Gasteiger charge is -2.25. The Labute approximate surface area is 149 Å². The largest absolute Gasteiger partial charge is 0.454 e. The zero-order valence-electron chi connectivity index (χ0n) is 14.8. The molecule has 2 aromatic rings. The van der Waals surface area contributed by atoms with Crippen LogP contribution in [0.5, 0.6) is 11.5 Å². The molecule has 1 unspecified atom stereocenters. The van der Waals surface area contributed by atoms with Crippen LogP contribution in [0.1, 0.15) is 26.7 Å². The highest BCUT2D eigenvalue weighted by Crippen LogP contribution is 2.30. The van der Waals surface area contributed by atoms with Crippen LogP contribution in [0.15, 0.2) is 48.8 Å². The molecule has 0 aliphatic carbocycles. The molecule has 0 spiro atoms. The average Bonchev–Trinajstić information content (AvgIpc) is 3.05. The number of benzene rings is 1. The Hall–Kier alpha value is -2.40. The fraction of sp³-hybridized carbons (Fsp3) is 0.400. The molecule has 1 fully saturated rings. The number of nitrogens with one attached hydrogen (secondary N) is 1. The van der Waals surface area contributed by atoms with E-state index in [0.717, 1.165) is 25.9 Å². The molecule has 1 aromatic heterocycles. The van der Waals surface area contributed by atoms with Gasteiger partial charge >= 0.3 is 0 Å². The van der Waals surface area contributed by atoms with Crippen molar-refractivity contribution >= 4 is 11.6 Å². The number of carbonyl (C=O) groups excluding carboxylic acids is 1. The summed E-state index contributed by atoms with van der Waals surface area (Å²) in [7, 11) is 0. The molecule has 25 heavy (non-hydrogen) atoms. The van der Waals surface area contributed by atoms with E-state index >= 15 is 0 Å². The van der Waals surface area contributed by atoms with Gasteiger partial charge in [-0.2, -0.15) is 0 Å². The number of nitrogens with zero attached hydrogens (tertiary/aromatic N) is 2. The van der Waals surface area contributed by atoms with Crippen molar-refractivity contribution in [2.75, 3.05) is 18.4 Å². The normalized spacial score (nSPS) is 17.6. The number of carbonyl (C=O) groups is 1. The Kier molecular flexibility index (Phi) is 5.66. The minimum atomic E-state index is -0.0613. The van der Waals surface area contributed by atoms with Gasteiger partial charge in [-0.15, -0.1) is 0 Å². The summed E-state index contributed by atoms with van der Waals surface area (Å²) in [5.41, 5.74) is 0.688. The molecule has 1 saturated heterocycles. The van der Waals surface area contributed by atoms with E-state index < -0.39 is 0 Å². The minimum Gasteiger partial charge on any atom is -0.454 e. The van der Waals surface area contributed by atoms with Crippen molar-refractivity contribution in [1.82, 2.24) is 9.88 Å². The van der Waals surface area contributed by atoms with Crippen molar-refractivity contribution in [3.63, 3.8) is 0 Å². The molecule has 5 heteroatoms. The molecule has 1 N–H and O–H groups in total. The number of rotatable bonds is 6. The Morgan fingerprint density at radius 2 is 2.16 bits per heavy atom. The van der Waals surface area contributed by atoms with Crippen molar-refractivity contribution in [3.05, 3.63) is 48.8 Å². The van der Waals surface area contributed by atoms with Crippen LogP contribution in [0.4, 0.5) is 5.69 Å². The van der Waals surface area contributed by atoms with E-state index in [1.165, 1.54) is 0 Å². The first kappa shape index (κ1) is 17.4. The highest BCUT2D eigenvalue weighted by atomic mass is 16.5. The molecule has 1 aliphatic rings. The van der Waals surface area contributed by atoms with E-state index in [1.807, 2.05) is 36.4 Å². The number of aromatic nitrogens is 1. The summed E-state index contributed by atoms with van der Waals surface area (Å²) >= 11 is 0. The molecule has 0 bridgehead atoms. The van der Waals surface area contributed by atoms with E-state index in [2.05, 4.69) is 29.0 Å². The summed E-state index contributed by atoms with van der Waals surface area (Å²) in [6, 6.07) is 11.1. The lowest BCUT2D eigenvalue weighted by atomic mass is 10.1. The summed E-state index contributed by atoms with van der Waals surface area (Å²) in [6.07, 6.45) is 5.33. The molecule has 0 saturated carbocycles. The first-order valence-corrected chi connectivity index (χ1v) is 8.85. The van der Waals surface area contributed by atoms with Gasteiger partial charge in [-0.1, -0.05) is 26.0 Å². The van der Waals surface area contributed by atoms with Crippen molar-refractivity contribution in [2.24, 2.45) is 5.92 Å². The van der Waals surface area contributed by atoms with Gasteiger partial charge in [0.05, 0.1) is 17.9 Å². The summed E-state index contributed by atoms with van der Waals surface area (Å²) in [5.74, 6) is 1.86. The van der Waals surface area contributed by atoms with Crippen molar-refractivity contribution < 1.29 is 9.53 Å².